The van der Waals surface area contributed by atoms with Crippen molar-refractivity contribution in [3.05, 3.63) is 65.2 Å². The fraction of sp³-hybridized carbons (Fsp3) is 0.316. The standard InChI is InChI=1S/C19H22N2O/c1-2-18(15-7-4-3-5-8-15)21-19(22)20-17-12-11-14-9-6-10-16(14)13-17/h3-5,7-8,11-13,18H,2,6,9-10H2,1H3,(H2,20,21,22). The highest BCUT2D eigenvalue weighted by atomic mass is 16.2. The molecule has 2 aromatic rings. The first-order valence-electron chi connectivity index (χ1n) is 8.00. The number of amides is 2. The van der Waals surface area contributed by atoms with Crippen LogP contribution in [0.15, 0.2) is 48.5 Å². The van der Waals surface area contributed by atoms with Crippen molar-refractivity contribution in [1.82, 2.24) is 5.32 Å². The molecule has 0 saturated carbocycles. The number of urea groups is 1. The second-order valence-corrected chi connectivity index (χ2v) is 5.81. The van der Waals surface area contributed by atoms with Crippen LogP contribution in [0, 0.1) is 0 Å². The maximum absolute atomic E-state index is 12.2. The quantitative estimate of drug-likeness (QED) is 0.859. The van der Waals surface area contributed by atoms with Crippen LogP contribution < -0.4 is 10.6 Å². The summed E-state index contributed by atoms with van der Waals surface area (Å²) in [4.78, 5) is 12.2. The van der Waals surface area contributed by atoms with E-state index in [1.165, 1.54) is 17.5 Å². The highest BCUT2D eigenvalue weighted by Crippen LogP contribution is 2.25. The van der Waals surface area contributed by atoms with Crippen LogP contribution in [0.1, 0.15) is 42.5 Å². The molecule has 0 heterocycles. The van der Waals surface area contributed by atoms with E-state index in [4.69, 9.17) is 0 Å². The van der Waals surface area contributed by atoms with E-state index in [0.29, 0.717) is 0 Å². The molecule has 2 aromatic carbocycles. The predicted molar refractivity (Wildman–Crippen MR) is 90.1 cm³/mol. The Hall–Kier alpha value is -2.29. The topological polar surface area (TPSA) is 41.1 Å². The number of hydrogen-bond donors (Lipinski definition) is 2. The molecule has 0 saturated heterocycles. The summed E-state index contributed by atoms with van der Waals surface area (Å²) in [5, 5.41) is 6.01. The number of nitrogens with one attached hydrogen (secondary N) is 2. The number of carbonyl (C=O) groups excluding carboxylic acids is 1. The van der Waals surface area contributed by atoms with Crippen molar-refractivity contribution in [3.8, 4) is 0 Å². The molecule has 3 nitrogen and oxygen atoms in total. The molecule has 0 bridgehead atoms. The monoisotopic (exact) mass is 294 g/mol. The van der Waals surface area contributed by atoms with E-state index in [-0.39, 0.29) is 12.1 Å². The molecule has 0 fully saturated rings. The molecule has 2 N–H and O–H groups in total. The zero-order valence-electron chi connectivity index (χ0n) is 12.9. The van der Waals surface area contributed by atoms with Crippen molar-refractivity contribution in [2.75, 3.05) is 5.32 Å². The predicted octanol–water partition coefficient (Wildman–Crippen LogP) is 4.45. The molecule has 1 aliphatic carbocycles. The van der Waals surface area contributed by atoms with Crippen LogP contribution >= 0.6 is 0 Å². The van der Waals surface area contributed by atoms with Crippen molar-refractivity contribution in [2.45, 2.75) is 38.6 Å². The Balaban J connectivity index is 1.64. The fourth-order valence-electron chi connectivity index (χ4n) is 3.08. The summed E-state index contributed by atoms with van der Waals surface area (Å²) < 4.78 is 0. The molecule has 0 radical (unpaired) electrons. The highest BCUT2D eigenvalue weighted by molar-refractivity contribution is 5.89. The lowest BCUT2D eigenvalue weighted by Crippen LogP contribution is -2.32. The number of anilines is 1. The van der Waals surface area contributed by atoms with Crippen LogP contribution in [0.3, 0.4) is 0 Å². The lowest BCUT2D eigenvalue weighted by molar-refractivity contribution is 0.248. The zero-order chi connectivity index (χ0) is 15.4. The Kier molecular flexibility index (Phi) is 4.42. The summed E-state index contributed by atoms with van der Waals surface area (Å²) in [6, 6.07) is 16.2. The van der Waals surface area contributed by atoms with Gasteiger partial charge in [0.05, 0.1) is 6.04 Å². The van der Waals surface area contributed by atoms with Crippen molar-refractivity contribution in [1.29, 1.82) is 0 Å². The molecular weight excluding hydrogens is 272 g/mol. The number of rotatable bonds is 4. The van der Waals surface area contributed by atoms with Gasteiger partial charge in [-0.05, 0) is 54.5 Å². The Morgan fingerprint density at radius 1 is 1.09 bits per heavy atom. The maximum atomic E-state index is 12.2. The summed E-state index contributed by atoms with van der Waals surface area (Å²) in [5.74, 6) is 0. The molecule has 2 amide bonds. The molecule has 0 aromatic heterocycles. The average molecular weight is 294 g/mol. The molecule has 1 unspecified atom stereocenters. The minimum atomic E-state index is -0.145. The number of aryl methyl sites for hydroxylation is 2. The number of fused-ring (bicyclic) bond motifs is 1. The Labute approximate surface area is 131 Å². The van der Waals surface area contributed by atoms with E-state index in [2.05, 4.69) is 29.7 Å². The van der Waals surface area contributed by atoms with Gasteiger partial charge < -0.3 is 10.6 Å². The molecule has 1 atom stereocenters. The molecule has 0 spiro atoms. The van der Waals surface area contributed by atoms with Gasteiger partial charge in [-0.15, -0.1) is 0 Å². The van der Waals surface area contributed by atoms with Gasteiger partial charge in [-0.25, -0.2) is 4.79 Å². The Bertz CT molecular complexity index is 652. The molecule has 1 aliphatic rings. The van der Waals surface area contributed by atoms with Gasteiger partial charge in [-0.3, -0.25) is 0 Å². The first-order valence-corrected chi connectivity index (χ1v) is 8.00. The summed E-state index contributed by atoms with van der Waals surface area (Å²) in [7, 11) is 0. The molecule has 0 aliphatic heterocycles. The van der Waals surface area contributed by atoms with Crippen LogP contribution in [0.25, 0.3) is 0 Å². The van der Waals surface area contributed by atoms with E-state index in [9.17, 15) is 4.79 Å². The maximum Gasteiger partial charge on any atom is 0.319 e. The van der Waals surface area contributed by atoms with E-state index < -0.39 is 0 Å². The van der Waals surface area contributed by atoms with E-state index >= 15 is 0 Å². The lowest BCUT2D eigenvalue weighted by Gasteiger charge is -2.18. The molecule has 22 heavy (non-hydrogen) atoms. The summed E-state index contributed by atoms with van der Waals surface area (Å²) in [6.45, 7) is 2.08. The van der Waals surface area contributed by atoms with Gasteiger partial charge in [0.15, 0.2) is 0 Å². The van der Waals surface area contributed by atoms with Gasteiger partial charge in [0.1, 0.15) is 0 Å². The summed E-state index contributed by atoms with van der Waals surface area (Å²) >= 11 is 0. The minimum Gasteiger partial charge on any atom is -0.331 e. The van der Waals surface area contributed by atoms with Gasteiger partial charge >= 0.3 is 6.03 Å². The van der Waals surface area contributed by atoms with Gasteiger partial charge in [0.25, 0.3) is 0 Å². The normalized spacial score (nSPS) is 14.2. The van der Waals surface area contributed by atoms with Crippen LogP contribution in [0.2, 0.25) is 0 Å². The van der Waals surface area contributed by atoms with Crippen molar-refractivity contribution >= 4 is 11.7 Å². The van der Waals surface area contributed by atoms with Crippen molar-refractivity contribution in [2.24, 2.45) is 0 Å². The van der Waals surface area contributed by atoms with Crippen LogP contribution in [-0.4, -0.2) is 6.03 Å². The second-order valence-electron chi connectivity index (χ2n) is 5.81. The highest BCUT2D eigenvalue weighted by Gasteiger charge is 2.14. The van der Waals surface area contributed by atoms with Gasteiger partial charge in [-0.2, -0.15) is 0 Å². The number of hydrogen-bond acceptors (Lipinski definition) is 1. The second kappa shape index (κ2) is 6.65. The van der Waals surface area contributed by atoms with Crippen LogP contribution in [0.4, 0.5) is 10.5 Å². The van der Waals surface area contributed by atoms with E-state index in [1.807, 2.05) is 36.4 Å². The first-order chi connectivity index (χ1) is 10.8. The van der Waals surface area contributed by atoms with Crippen LogP contribution in [-0.2, 0) is 12.8 Å². The largest absolute Gasteiger partial charge is 0.331 e. The zero-order valence-corrected chi connectivity index (χ0v) is 12.9. The number of carbonyl (C=O) groups is 1. The molecule has 3 heteroatoms. The summed E-state index contributed by atoms with van der Waals surface area (Å²) in [5.41, 5.74) is 4.80. The number of benzene rings is 2. The van der Waals surface area contributed by atoms with E-state index in [0.717, 1.165) is 30.5 Å². The average Bonchev–Trinajstić information content (AvgIpc) is 3.01. The third kappa shape index (κ3) is 3.30. The van der Waals surface area contributed by atoms with Gasteiger partial charge in [0, 0.05) is 5.69 Å². The van der Waals surface area contributed by atoms with E-state index in [1.54, 1.807) is 0 Å². The Morgan fingerprint density at radius 3 is 2.64 bits per heavy atom. The third-order valence-electron chi connectivity index (χ3n) is 4.27. The lowest BCUT2D eigenvalue weighted by atomic mass is 10.1. The third-order valence-corrected chi connectivity index (χ3v) is 4.27. The van der Waals surface area contributed by atoms with Crippen LogP contribution in [0.5, 0.6) is 0 Å². The summed E-state index contributed by atoms with van der Waals surface area (Å²) in [6.07, 6.45) is 4.36. The molecule has 3 rings (SSSR count). The fourth-order valence-corrected chi connectivity index (χ4v) is 3.08. The van der Waals surface area contributed by atoms with Crippen molar-refractivity contribution in [3.63, 3.8) is 0 Å². The Morgan fingerprint density at radius 2 is 1.86 bits per heavy atom. The molecule has 114 valence electrons. The smallest absolute Gasteiger partial charge is 0.319 e. The minimum absolute atomic E-state index is 0.0376. The molecular formula is C19H22N2O. The van der Waals surface area contributed by atoms with Gasteiger partial charge in [0.2, 0.25) is 0 Å². The SMILES string of the molecule is CCC(NC(=O)Nc1ccc2c(c1)CCC2)c1ccccc1. The van der Waals surface area contributed by atoms with Crippen molar-refractivity contribution < 1.29 is 4.79 Å². The van der Waals surface area contributed by atoms with Gasteiger partial charge in [-0.1, -0.05) is 43.3 Å². The first kappa shape index (κ1) is 14.6.